The van der Waals surface area contributed by atoms with Gasteiger partial charge >= 0.3 is 11.9 Å². The van der Waals surface area contributed by atoms with Crippen molar-refractivity contribution in [3.8, 4) is 0 Å². The number of carboxylic acids is 1. The maximum Gasteiger partial charge on any atom is 0.331 e. The van der Waals surface area contributed by atoms with Crippen LogP contribution in [0.25, 0.3) is 0 Å². The van der Waals surface area contributed by atoms with Gasteiger partial charge in [0.25, 0.3) is 0 Å². The summed E-state index contributed by atoms with van der Waals surface area (Å²) in [4.78, 5) is 38.5. The number of carbonyl (C=O) groups excluding carboxylic acids is 2. The number of aliphatic carboxylic acids is 1. The number of carboxylic acid groups (broad SMARTS) is 1. The fraction of sp³-hybridized carbons (Fsp3) is 0.848. The first kappa shape index (κ1) is 29.8. The highest BCUT2D eigenvalue weighted by molar-refractivity contribution is 5.95. The summed E-state index contributed by atoms with van der Waals surface area (Å²) in [6, 6.07) is 0. The van der Waals surface area contributed by atoms with E-state index in [-0.39, 0.29) is 58.4 Å². The van der Waals surface area contributed by atoms with E-state index in [1.54, 1.807) is 0 Å². The van der Waals surface area contributed by atoms with E-state index in [9.17, 15) is 24.6 Å². The highest BCUT2D eigenvalue weighted by Crippen LogP contribution is 2.75. The maximum absolute atomic E-state index is 14.5. The molecule has 0 aromatic heterocycles. The number of fused-ring (bicyclic) bond motifs is 7. The van der Waals surface area contributed by atoms with E-state index < -0.39 is 28.9 Å². The number of esters is 1. The summed E-state index contributed by atoms with van der Waals surface area (Å²) in [5, 5.41) is 21.4. The lowest BCUT2D eigenvalue weighted by molar-refractivity contribution is -0.216. The van der Waals surface area contributed by atoms with Crippen LogP contribution in [-0.2, 0) is 23.9 Å². The van der Waals surface area contributed by atoms with Gasteiger partial charge in [-0.1, -0.05) is 40.2 Å². The minimum Gasteiger partial charge on any atom is -0.481 e. The molecule has 0 aromatic carbocycles. The molecule has 224 valence electrons. The molecular formula is C33H50O7. The summed E-state index contributed by atoms with van der Waals surface area (Å²) in [6.45, 7) is 13.3. The highest BCUT2D eigenvalue weighted by atomic mass is 16.6. The van der Waals surface area contributed by atoms with Gasteiger partial charge in [-0.2, -0.15) is 0 Å². The Morgan fingerprint density at radius 1 is 0.975 bits per heavy atom. The first-order valence-electron chi connectivity index (χ1n) is 15.3. The van der Waals surface area contributed by atoms with Crippen molar-refractivity contribution in [1.82, 2.24) is 0 Å². The van der Waals surface area contributed by atoms with Crippen LogP contribution in [0.3, 0.4) is 0 Å². The van der Waals surface area contributed by atoms with Crippen LogP contribution in [0.1, 0.15) is 99.3 Å². The predicted molar refractivity (Wildman–Crippen MR) is 150 cm³/mol. The van der Waals surface area contributed by atoms with E-state index in [1.807, 2.05) is 13.0 Å². The quantitative estimate of drug-likeness (QED) is 0.424. The molecular weight excluding hydrogens is 508 g/mol. The molecule has 2 N–H and O–H groups in total. The van der Waals surface area contributed by atoms with Gasteiger partial charge < -0.3 is 19.7 Å². The van der Waals surface area contributed by atoms with Crippen molar-refractivity contribution < 1.29 is 34.1 Å². The zero-order valence-electron chi connectivity index (χ0n) is 25.6. The largest absolute Gasteiger partial charge is 0.481 e. The number of methoxy groups -OCH3 is 1. The van der Waals surface area contributed by atoms with Crippen molar-refractivity contribution in [1.29, 1.82) is 0 Å². The van der Waals surface area contributed by atoms with E-state index in [1.165, 1.54) is 12.7 Å². The van der Waals surface area contributed by atoms with Gasteiger partial charge in [-0.25, -0.2) is 4.79 Å². The molecule has 4 fully saturated rings. The third-order valence-corrected chi connectivity index (χ3v) is 13.7. The second kappa shape index (κ2) is 9.39. The van der Waals surface area contributed by atoms with Crippen molar-refractivity contribution in [3.05, 3.63) is 11.6 Å². The van der Waals surface area contributed by atoms with E-state index in [4.69, 9.17) is 9.47 Å². The molecule has 0 aromatic rings. The number of hydrogen-bond donors (Lipinski definition) is 2. The van der Waals surface area contributed by atoms with Crippen LogP contribution in [0.5, 0.6) is 0 Å². The summed E-state index contributed by atoms with van der Waals surface area (Å²) < 4.78 is 10.6. The summed E-state index contributed by atoms with van der Waals surface area (Å²) >= 11 is 0. The Balaban J connectivity index is 1.53. The first-order chi connectivity index (χ1) is 18.5. The van der Waals surface area contributed by atoms with Crippen molar-refractivity contribution in [2.45, 2.75) is 105 Å². The average molecular weight is 559 g/mol. The zero-order valence-corrected chi connectivity index (χ0v) is 25.6. The molecule has 7 nitrogen and oxygen atoms in total. The van der Waals surface area contributed by atoms with Crippen LogP contribution < -0.4 is 0 Å². The highest BCUT2D eigenvalue weighted by Gasteiger charge is 2.70. The van der Waals surface area contributed by atoms with Crippen LogP contribution in [-0.4, -0.2) is 54.4 Å². The lowest BCUT2D eigenvalue weighted by atomic mass is 9.33. The average Bonchev–Trinajstić information content (AvgIpc) is 2.88. The van der Waals surface area contributed by atoms with Gasteiger partial charge in [-0.15, -0.1) is 0 Å². The smallest absolute Gasteiger partial charge is 0.331 e. The molecule has 0 bridgehead atoms. The number of carbonyl (C=O) groups is 3. The van der Waals surface area contributed by atoms with Gasteiger partial charge in [0, 0.05) is 11.3 Å². The van der Waals surface area contributed by atoms with E-state index in [0.717, 1.165) is 38.5 Å². The number of ether oxygens (including phenoxy) is 2. The lowest BCUT2D eigenvalue weighted by Crippen LogP contribution is -2.67. The molecule has 0 aliphatic heterocycles. The minimum absolute atomic E-state index is 0.0232. The molecule has 40 heavy (non-hydrogen) atoms. The Bertz CT molecular complexity index is 1130. The second-order valence-corrected chi connectivity index (χ2v) is 15.7. The predicted octanol–water partition coefficient (Wildman–Crippen LogP) is 5.58. The SMILES string of the molecule is COC(=O)COC[C@@]1(C)[C@@H]2CC[C@]3(C)[C@H](C(=O)C=C4[C@@H]5C[C@@](C)(C(=O)O)CC[C@]5(C)CC[C@]43C)[C@@]2(C)CC[C@@H]1O. The minimum atomic E-state index is -0.765. The zero-order chi connectivity index (χ0) is 29.5. The van der Waals surface area contributed by atoms with Gasteiger partial charge in [-0.05, 0) is 104 Å². The van der Waals surface area contributed by atoms with Gasteiger partial charge in [0.2, 0.25) is 0 Å². The Morgan fingerprint density at radius 3 is 2.30 bits per heavy atom. The fourth-order valence-electron chi connectivity index (χ4n) is 10.8. The van der Waals surface area contributed by atoms with Gasteiger partial charge in [0.1, 0.15) is 6.61 Å². The molecule has 5 aliphatic rings. The number of hydrogen-bond acceptors (Lipinski definition) is 6. The number of ketones is 1. The van der Waals surface area contributed by atoms with Crippen molar-refractivity contribution in [2.75, 3.05) is 20.3 Å². The van der Waals surface area contributed by atoms with E-state index in [0.29, 0.717) is 19.3 Å². The summed E-state index contributed by atoms with van der Waals surface area (Å²) in [5.74, 6) is -0.996. The van der Waals surface area contributed by atoms with Crippen LogP contribution in [0, 0.1) is 50.2 Å². The molecule has 0 spiro atoms. The van der Waals surface area contributed by atoms with Crippen LogP contribution in [0.2, 0.25) is 0 Å². The van der Waals surface area contributed by atoms with Gasteiger partial charge in [-0.3, -0.25) is 9.59 Å². The molecule has 0 heterocycles. The third-order valence-electron chi connectivity index (χ3n) is 13.7. The van der Waals surface area contributed by atoms with Crippen molar-refractivity contribution in [2.24, 2.45) is 50.2 Å². The summed E-state index contributed by atoms with van der Waals surface area (Å²) in [6.07, 6.45) is 8.73. The molecule has 4 saturated carbocycles. The Kier molecular flexibility index (Phi) is 6.98. The number of rotatable bonds is 5. The molecule has 5 rings (SSSR count). The molecule has 0 amide bonds. The maximum atomic E-state index is 14.5. The summed E-state index contributed by atoms with van der Waals surface area (Å²) in [5.41, 5.74) is -0.873. The molecule has 0 radical (unpaired) electrons. The molecule has 7 heteroatoms. The van der Waals surface area contributed by atoms with Crippen molar-refractivity contribution >= 4 is 17.7 Å². The fourth-order valence-corrected chi connectivity index (χ4v) is 10.8. The Labute approximate surface area is 239 Å². The number of aliphatic hydroxyl groups is 1. The standard InChI is InChI=1S/C33H50O7/c1-28-12-13-29(2,27(37)38)17-21(28)20-16-22(34)26-30(3)10-9-24(35)31(4,19-40-18-25(36)39-7)23(30)8-11-33(26,6)32(20,5)15-14-28/h16,21,23-24,26,35H,8-15,17-19H2,1-7H3,(H,37,38)/t21-,23+,24-,26+,28+,29-,30-,31-,32+,33+/m0/s1. The topological polar surface area (TPSA) is 110 Å². The van der Waals surface area contributed by atoms with Gasteiger partial charge in [0.15, 0.2) is 5.78 Å². The molecule has 5 aliphatic carbocycles. The van der Waals surface area contributed by atoms with Gasteiger partial charge in [0.05, 0.1) is 25.2 Å². The van der Waals surface area contributed by atoms with Crippen LogP contribution in [0.15, 0.2) is 11.6 Å². The number of aliphatic hydroxyl groups excluding tert-OH is 1. The Hall–Kier alpha value is -1.73. The Morgan fingerprint density at radius 2 is 1.65 bits per heavy atom. The number of allylic oxidation sites excluding steroid dienone is 2. The summed E-state index contributed by atoms with van der Waals surface area (Å²) in [7, 11) is 1.34. The van der Waals surface area contributed by atoms with Crippen molar-refractivity contribution in [3.63, 3.8) is 0 Å². The van der Waals surface area contributed by atoms with Crippen LogP contribution >= 0.6 is 0 Å². The molecule has 10 atom stereocenters. The third kappa shape index (κ3) is 3.92. The van der Waals surface area contributed by atoms with E-state index in [2.05, 4.69) is 34.6 Å². The second-order valence-electron chi connectivity index (χ2n) is 15.7. The molecule has 0 unspecified atom stereocenters. The monoisotopic (exact) mass is 558 g/mol. The molecule has 0 saturated heterocycles. The first-order valence-corrected chi connectivity index (χ1v) is 15.3. The van der Waals surface area contributed by atoms with E-state index >= 15 is 0 Å². The van der Waals surface area contributed by atoms with Crippen LogP contribution in [0.4, 0.5) is 0 Å². The lowest BCUT2D eigenvalue weighted by Gasteiger charge is -2.70. The normalized spacial score (nSPS) is 50.0.